The van der Waals surface area contributed by atoms with Crippen LogP contribution in [0.3, 0.4) is 0 Å². The quantitative estimate of drug-likeness (QED) is 0.840. The molecule has 0 bridgehead atoms. The number of thiophene rings is 1. The lowest BCUT2D eigenvalue weighted by molar-refractivity contribution is 0.100. The fourth-order valence-corrected chi connectivity index (χ4v) is 2.32. The summed E-state index contributed by atoms with van der Waals surface area (Å²) in [6.07, 6.45) is 0. The molecule has 4 nitrogen and oxygen atoms in total. The molecule has 0 aliphatic heterocycles. The normalized spacial score (nSPS) is 9.65. The van der Waals surface area contributed by atoms with Crippen LogP contribution in [0.2, 0.25) is 0 Å². The summed E-state index contributed by atoms with van der Waals surface area (Å²) in [5.41, 5.74) is 11.9. The molecule has 0 saturated heterocycles. The largest absolute Gasteiger partial charge is 0.488 e. The Kier molecular flexibility index (Phi) is 4.77. The number of rotatable bonds is 4. The molecule has 5 heteroatoms. The highest BCUT2D eigenvalue weighted by Gasteiger charge is 2.04. The first kappa shape index (κ1) is 14.1. The number of benzene rings is 1. The second-order valence-corrected chi connectivity index (χ2v) is 4.94. The molecule has 0 unspecified atom stereocenters. The SMILES string of the molecule is NCC#Cc1ccsc1COc1ccc(C(N)=O)cc1. The van der Waals surface area contributed by atoms with Gasteiger partial charge in [-0.2, -0.15) is 0 Å². The summed E-state index contributed by atoms with van der Waals surface area (Å²) in [6.45, 7) is 0.771. The van der Waals surface area contributed by atoms with Gasteiger partial charge in [-0.25, -0.2) is 0 Å². The van der Waals surface area contributed by atoms with Crippen LogP contribution in [0.25, 0.3) is 0 Å². The van der Waals surface area contributed by atoms with Crippen molar-refractivity contribution in [1.29, 1.82) is 0 Å². The number of amides is 1. The standard InChI is InChI=1S/C15H14N2O2S/c16-8-1-2-11-7-9-20-14(11)10-19-13-5-3-12(4-6-13)15(17)18/h3-7,9H,8,10,16H2,(H2,17,18). The second kappa shape index (κ2) is 6.75. The first-order valence-electron chi connectivity index (χ1n) is 5.98. The van der Waals surface area contributed by atoms with Gasteiger partial charge < -0.3 is 16.2 Å². The highest BCUT2D eigenvalue weighted by molar-refractivity contribution is 7.10. The van der Waals surface area contributed by atoms with Crippen molar-refractivity contribution in [2.45, 2.75) is 6.61 Å². The lowest BCUT2D eigenvalue weighted by Gasteiger charge is -2.05. The van der Waals surface area contributed by atoms with Crippen LogP contribution in [-0.2, 0) is 6.61 Å². The number of nitrogens with two attached hydrogens (primary N) is 2. The van der Waals surface area contributed by atoms with Gasteiger partial charge in [0.15, 0.2) is 0 Å². The number of carbonyl (C=O) groups is 1. The first-order chi connectivity index (χ1) is 9.70. The third kappa shape index (κ3) is 3.60. The van der Waals surface area contributed by atoms with Crippen LogP contribution in [0.1, 0.15) is 20.8 Å². The average Bonchev–Trinajstić information content (AvgIpc) is 2.90. The number of hydrogen-bond acceptors (Lipinski definition) is 4. The Morgan fingerprint density at radius 1 is 1.25 bits per heavy atom. The van der Waals surface area contributed by atoms with E-state index in [0.29, 0.717) is 24.5 Å². The number of ether oxygens (including phenoxy) is 1. The monoisotopic (exact) mass is 286 g/mol. The minimum Gasteiger partial charge on any atom is -0.488 e. The molecule has 1 amide bonds. The molecule has 0 aliphatic carbocycles. The topological polar surface area (TPSA) is 78.3 Å². The van der Waals surface area contributed by atoms with Crippen LogP contribution < -0.4 is 16.2 Å². The maximum atomic E-state index is 11.0. The van der Waals surface area contributed by atoms with E-state index < -0.39 is 5.91 Å². The molecular formula is C15H14N2O2S. The van der Waals surface area contributed by atoms with Gasteiger partial charge in [-0.3, -0.25) is 4.79 Å². The van der Waals surface area contributed by atoms with Crippen LogP contribution in [0.15, 0.2) is 35.7 Å². The molecule has 0 aliphatic rings. The van der Waals surface area contributed by atoms with Gasteiger partial charge in [-0.15, -0.1) is 11.3 Å². The zero-order chi connectivity index (χ0) is 14.4. The van der Waals surface area contributed by atoms with Crippen molar-refractivity contribution in [3.63, 3.8) is 0 Å². The Morgan fingerprint density at radius 3 is 2.65 bits per heavy atom. The van der Waals surface area contributed by atoms with Crippen LogP contribution in [0.5, 0.6) is 5.75 Å². The summed E-state index contributed by atoms with van der Waals surface area (Å²) in [7, 11) is 0. The second-order valence-electron chi connectivity index (χ2n) is 3.94. The molecule has 1 heterocycles. The maximum Gasteiger partial charge on any atom is 0.248 e. The van der Waals surface area contributed by atoms with Gasteiger partial charge in [0.1, 0.15) is 12.4 Å². The summed E-state index contributed by atoms with van der Waals surface area (Å²) < 4.78 is 5.67. The van der Waals surface area contributed by atoms with Crippen LogP contribution in [0, 0.1) is 11.8 Å². The van der Waals surface area contributed by atoms with Crippen molar-refractivity contribution in [1.82, 2.24) is 0 Å². The van der Waals surface area contributed by atoms with Gasteiger partial charge >= 0.3 is 0 Å². The van der Waals surface area contributed by atoms with E-state index in [1.54, 1.807) is 35.6 Å². The Morgan fingerprint density at radius 2 is 2.00 bits per heavy atom. The van der Waals surface area contributed by atoms with Crippen LogP contribution in [0.4, 0.5) is 0 Å². The van der Waals surface area contributed by atoms with E-state index in [1.165, 1.54) is 0 Å². The molecule has 4 N–H and O–H groups in total. The molecule has 20 heavy (non-hydrogen) atoms. The highest BCUT2D eigenvalue weighted by Crippen LogP contribution is 2.19. The van der Waals surface area contributed by atoms with Gasteiger partial charge in [-0.05, 0) is 35.7 Å². The molecule has 1 aromatic carbocycles. The molecule has 0 atom stereocenters. The number of primary amides is 1. The fourth-order valence-electron chi connectivity index (χ4n) is 1.57. The van der Waals surface area contributed by atoms with Crippen molar-refractivity contribution in [3.8, 4) is 17.6 Å². The fraction of sp³-hybridized carbons (Fsp3) is 0.133. The maximum absolute atomic E-state index is 11.0. The Balaban J connectivity index is 2.02. The minimum absolute atomic E-state index is 0.338. The lowest BCUT2D eigenvalue weighted by Crippen LogP contribution is -2.10. The molecular weight excluding hydrogens is 272 g/mol. The van der Waals surface area contributed by atoms with Gasteiger partial charge in [0.25, 0.3) is 0 Å². The summed E-state index contributed by atoms with van der Waals surface area (Å²) in [6, 6.07) is 8.67. The molecule has 2 aromatic rings. The first-order valence-corrected chi connectivity index (χ1v) is 6.86. The molecule has 0 saturated carbocycles. The average molecular weight is 286 g/mol. The molecule has 0 spiro atoms. The molecule has 0 radical (unpaired) electrons. The van der Waals surface area contributed by atoms with E-state index in [9.17, 15) is 4.79 Å². The molecule has 2 rings (SSSR count). The molecule has 102 valence electrons. The zero-order valence-corrected chi connectivity index (χ0v) is 11.6. The van der Waals surface area contributed by atoms with E-state index in [1.807, 2.05) is 11.4 Å². The van der Waals surface area contributed by atoms with Crippen molar-refractivity contribution in [3.05, 3.63) is 51.7 Å². The van der Waals surface area contributed by atoms with Crippen molar-refractivity contribution in [2.75, 3.05) is 6.54 Å². The third-order valence-corrected chi connectivity index (χ3v) is 3.47. The predicted octanol–water partition coefficient (Wildman–Crippen LogP) is 1.74. The van der Waals surface area contributed by atoms with Gasteiger partial charge in [0.2, 0.25) is 5.91 Å². The van der Waals surface area contributed by atoms with Gasteiger partial charge in [0, 0.05) is 11.1 Å². The van der Waals surface area contributed by atoms with Crippen LogP contribution in [-0.4, -0.2) is 12.5 Å². The van der Waals surface area contributed by atoms with Crippen molar-refractivity contribution in [2.24, 2.45) is 11.5 Å². The summed E-state index contributed by atoms with van der Waals surface area (Å²) in [4.78, 5) is 12.0. The van der Waals surface area contributed by atoms with Crippen molar-refractivity contribution >= 4 is 17.2 Å². The van der Waals surface area contributed by atoms with E-state index in [0.717, 1.165) is 10.4 Å². The molecule has 1 aromatic heterocycles. The summed E-state index contributed by atoms with van der Waals surface area (Å²) >= 11 is 1.58. The molecule has 0 fully saturated rings. The van der Waals surface area contributed by atoms with E-state index in [2.05, 4.69) is 11.8 Å². The minimum atomic E-state index is -0.450. The van der Waals surface area contributed by atoms with E-state index in [4.69, 9.17) is 16.2 Å². The number of carbonyl (C=O) groups excluding carboxylic acids is 1. The van der Waals surface area contributed by atoms with E-state index in [-0.39, 0.29) is 0 Å². The third-order valence-electron chi connectivity index (χ3n) is 2.58. The highest BCUT2D eigenvalue weighted by atomic mass is 32.1. The Bertz CT molecular complexity index is 651. The summed E-state index contributed by atoms with van der Waals surface area (Å²) in [5.74, 6) is 6.07. The van der Waals surface area contributed by atoms with Gasteiger partial charge in [-0.1, -0.05) is 11.8 Å². The van der Waals surface area contributed by atoms with Crippen molar-refractivity contribution < 1.29 is 9.53 Å². The lowest BCUT2D eigenvalue weighted by atomic mass is 10.2. The predicted molar refractivity (Wildman–Crippen MR) is 79.5 cm³/mol. The summed E-state index contributed by atoms with van der Waals surface area (Å²) in [5, 5.41) is 1.97. The van der Waals surface area contributed by atoms with E-state index >= 15 is 0 Å². The number of hydrogen-bond donors (Lipinski definition) is 2. The van der Waals surface area contributed by atoms with Gasteiger partial charge in [0.05, 0.1) is 11.4 Å². The van der Waals surface area contributed by atoms with Crippen LogP contribution >= 0.6 is 11.3 Å². The Labute approximate surface area is 121 Å². The Hall–Kier alpha value is -2.29. The smallest absolute Gasteiger partial charge is 0.248 e. The zero-order valence-electron chi connectivity index (χ0n) is 10.8.